The van der Waals surface area contributed by atoms with Crippen molar-refractivity contribution in [2.45, 2.75) is 6.54 Å². The average molecular weight is 276 g/mol. The van der Waals surface area contributed by atoms with E-state index < -0.39 is 0 Å². The lowest BCUT2D eigenvalue weighted by molar-refractivity contribution is 0.0983. The van der Waals surface area contributed by atoms with Crippen LogP contribution >= 0.6 is 11.6 Å². The van der Waals surface area contributed by atoms with Crippen molar-refractivity contribution in [3.05, 3.63) is 52.8 Å². The van der Waals surface area contributed by atoms with Crippen LogP contribution in [-0.2, 0) is 6.54 Å². The number of carbonyl (C=O) groups excluding carboxylic acids is 1. The highest BCUT2D eigenvalue weighted by Crippen LogP contribution is 2.24. The van der Waals surface area contributed by atoms with Gasteiger partial charge in [-0.3, -0.25) is 4.79 Å². The summed E-state index contributed by atoms with van der Waals surface area (Å²) in [5, 5.41) is 3.86. The maximum Gasteiger partial charge on any atom is 0.274 e. The van der Waals surface area contributed by atoms with E-state index in [0.717, 1.165) is 24.3 Å². The van der Waals surface area contributed by atoms with Gasteiger partial charge < -0.3 is 15.2 Å². The van der Waals surface area contributed by atoms with Crippen LogP contribution in [0.3, 0.4) is 0 Å². The van der Waals surface area contributed by atoms with E-state index in [1.54, 1.807) is 17.2 Å². The monoisotopic (exact) mass is 275 g/mol. The molecule has 1 aliphatic heterocycles. The molecule has 1 aliphatic rings. The van der Waals surface area contributed by atoms with Gasteiger partial charge in [0, 0.05) is 31.5 Å². The molecule has 0 unspecified atom stereocenters. The number of nitrogens with one attached hydrogen (secondary N) is 2. The van der Waals surface area contributed by atoms with Gasteiger partial charge >= 0.3 is 0 Å². The Hall–Kier alpha value is -1.78. The molecule has 0 bridgehead atoms. The molecule has 2 aromatic rings. The second-order valence-electron chi connectivity index (χ2n) is 4.49. The molecule has 0 atom stereocenters. The topological polar surface area (TPSA) is 48.1 Å². The van der Waals surface area contributed by atoms with Gasteiger partial charge in [-0.05, 0) is 17.7 Å². The number of anilines is 1. The minimum Gasteiger partial charge on any atom is -0.356 e. The predicted octanol–water partition coefficient (Wildman–Crippen LogP) is 2.42. The molecule has 1 aromatic heterocycles. The van der Waals surface area contributed by atoms with Crippen LogP contribution in [0.5, 0.6) is 0 Å². The fraction of sp³-hybridized carbons (Fsp3) is 0.214. The summed E-state index contributed by atoms with van der Waals surface area (Å²) < 4.78 is 0. The van der Waals surface area contributed by atoms with Crippen LogP contribution < -0.4 is 10.2 Å². The summed E-state index contributed by atoms with van der Waals surface area (Å²) in [5.74, 6) is -0.0527. The van der Waals surface area contributed by atoms with Gasteiger partial charge in [0.2, 0.25) is 0 Å². The highest BCUT2D eigenvalue weighted by atomic mass is 35.5. The Morgan fingerprint density at radius 1 is 1.32 bits per heavy atom. The molecular weight excluding hydrogens is 262 g/mol. The summed E-state index contributed by atoms with van der Waals surface area (Å²) in [4.78, 5) is 17.2. The van der Waals surface area contributed by atoms with Crippen molar-refractivity contribution >= 4 is 23.2 Å². The first-order valence-corrected chi connectivity index (χ1v) is 6.58. The van der Waals surface area contributed by atoms with E-state index in [2.05, 4.69) is 10.3 Å². The number of halogens is 1. The lowest BCUT2D eigenvalue weighted by Crippen LogP contribution is -2.34. The number of aromatic nitrogens is 1. The Balaban J connectivity index is 1.98. The third kappa shape index (κ3) is 2.37. The fourth-order valence-electron chi connectivity index (χ4n) is 2.31. The molecule has 4 nitrogen and oxygen atoms in total. The molecule has 3 rings (SSSR count). The SMILES string of the molecule is O=C(c1cc(Cl)c[nH]1)N1CCNCc2ccccc21. The van der Waals surface area contributed by atoms with Crippen molar-refractivity contribution in [3.8, 4) is 0 Å². The summed E-state index contributed by atoms with van der Waals surface area (Å²) >= 11 is 5.86. The number of benzene rings is 1. The van der Waals surface area contributed by atoms with Gasteiger partial charge in [0.1, 0.15) is 5.69 Å². The lowest BCUT2D eigenvalue weighted by atomic mass is 10.1. The van der Waals surface area contributed by atoms with E-state index in [-0.39, 0.29) is 5.91 Å². The second kappa shape index (κ2) is 5.07. The maximum absolute atomic E-state index is 12.5. The molecule has 5 heteroatoms. The number of amides is 1. The number of fused-ring (bicyclic) bond motifs is 1. The molecule has 2 heterocycles. The molecule has 0 saturated carbocycles. The van der Waals surface area contributed by atoms with Gasteiger partial charge in [-0.1, -0.05) is 29.8 Å². The zero-order chi connectivity index (χ0) is 13.2. The Bertz CT molecular complexity index is 608. The van der Waals surface area contributed by atoms with Crippen molar-refractivity contribution < 1.29 is 4.79 Å². The highest BCUT2D eigenvalue weighted by Gasteiger charge is 2.22. The largest absolute Gasteiger partial charge is 0.356 e. The molecule has 98 valence electrons. The number of H-pyrrole nitrogens is 1. The van der Waals surface area contributed by atoms with Gasteiger partial charge in [-0.15, -0.1) is 0 Å². The molecule has 0 spiro atoms. The third-order valence-electron chi connectivity index (χ3n) is 3.23. The average Bonchev–Trinajstić information content (AvgIpc) is 2.74. The number of hydrogen-bond acceptors (Lipinski definition) is 2. The van der Waals surface area contributed by atoms with Crippen molar-refractivity contribution in [2.24, 2.45) is 0 Å². The van der Waals surface area contributed by atoms with Crippen LogP contribution in [0.15, 0.2) is 36.5 Å². The smallest absolute Gasteiger partial charge is 0.274 e. The van der Waals surface area contributed by atoms with E-state index >= 15 is 0 Å². The van der Waals surface area contributed by atoms with Gasteiger partial charge in [0.25, 0.3) is 5.91 Å². The van der Waals surface area contributed by atoms with E-state index in [4.69, 9.17) is 11.6 Å². The third-order valence-corrected chi connectivity index (χ3v) is 3.45. The number of carbonyl (C=O) groups is 1. The summed E-state index contributed by atoms with van der Waals surface area (Å²) in [6.07, 6.45) is 1.62. The number of rotatable bonds is 1. The number of para-hydroxylation sites is 1. The molecule has 19 heavy (non-hydrogen) atoms. The van der Waals surface area contributed by atoms with Crippen molar-refractivity contribution in [1.82, 2.24) is 10.3 Å². The van der Waals surface area contributed by atoms with E-state index in [1.165, 1.54) is 0 Å². The predicted molar refractivity (Wildman–Crippen MR) is 75.6 cm³/mol. The minimum atomic E-state index is -0.0527. The number of nitrogens with zero attached hydrogens (tertiary/aromatic N) is 1. The van der Waals surface area contributed by atoms with Crippen LogP contribution in [-0.4, -0.2) is 24.0 Å². The van der Waals surface area contributed by atoms with Gasteiger partial charge in [0.15, 0.2) is 0 Å². The summed E-state index contributed by atoms with van der Waals surface area (Å²) in [6.45, 7) is 2.20. The molecule has 1 aromatic carbocycles. The summed E-state index contributed by atoms with van der Waals surface area (Å²) in [7, 11) is 0. The van der Waals surface area contributed by atoms with E-state index in [9.17, 15) is 4.79 Å². The first-order valence-electron chi connectivity index (χ1n) is 6.20. The summed E-state index contributed by atoms with van der Waals surface area (Å²) in [5.41, 5.74) is 2.61. The standard InChI is InChI=1S/C14H14ClN3O/c15-11-7-12(17-9-11)14(19)18-6-5-16-8-10-3-1-2-4-13(10)18/h1-4,7,9,16-17H,5-6,8H2. The number of aromatic amines is 1. The van der Waals surface area contributed by atoms with Crippen molar-refractivity contribution in [3.63, 3.8) is 0 Å². The summed E-state index contributed by atoms with van der Waals surface area (Å²) in [6, 6.07) is 9.61. The first-order chi connectivity index (χ1) is 9.25. The van der Waals surface area contributed by atoms with Crippen LogP contribution in [0.4, 0.5) is 5.69 Å². The minimum absolute atomic E-state index is 0.0527. The maximum atomic E-state index is 12.5. The normalized spacial score (nSPS) is 14.9. The van der Waals surface area contributed by atoms with Crippen molar-refractivity contribution in [1.29, 1.82) is 0 Å². The lowest BCUT2D eigenvalue weighted by Gasteiger charge is -2.21. The Morgan fingerprint density at radius 2 is 2.16 bits per heavy atom. The Labute approximate surface area is 116 Å². The first kappa shape index (κ1) is 12.3. The van der Waals surface area contributed by atoms with Crippen molar-refractivity contribution in [2.75, 3.05) is 18.0 Å². The molecular formula is C14H14ClN3O. The van der Waals surface area contributed by atoms with E-state index in [0.29, 0.717) is 17.3 Å². The quantitative estimate of drug-likeness (QED) is 0.840. The second-order valence-corrected chi connectivity index (χ2v) is 4.93. The highest BCUT2D eigenvalue weighted by molar-refractivity contribution is 6.31. The Morgan fingerprint density at radius 3 is 2.95 bits per heavy atom. The van der Waals surface area contributed by atoms with Crippen LogP contribution in [0.25, 0.3) is 0 Å². The fourth-order valence-corrected chi connectivity index (χ4v) is 2.47. The van der Waals surface area contributed by atoms with Gasteiger partial charge in [-0.25, -0.2) is 0 Å². The number of hydrogen-bond donors (Lipinski definition) is 2. The Kier molecular flexibility index (Phi) is 3.27. The van der Waals surface area contributed by atoms with E-state index in [1.807, 2.05) is 24.3 Å². The van der Waals surface area contributed by atoms with Crippen LogP contribution in [0.2, 0.25) is 5.02 Å². The molecule has 2 N–H and O–H groups in total. The van der Waals surface area contributed by atoms with Gasteiger partial charge in [0.05, 0.1) is 5.02 Å². The molecule has 0 saturated heterocycles. The molecule has 0 fully saturated rings. The zero-order valence-electron chi connectivity index (χ0n) is 10.3. The molecule has 1 amide bonds. The van der Waals surface area contributed by atoms with Gasteiger partial charge in [-0.2, -0.15) is 0 Å². The molecule has 0 aliphatic carbocycles. The molecule has 0 radical (unpaired) electrons. The zero-order valence-corrected chi connectivity index (χ0v) is 11.1. The van der Waals surface area contributed by atoms with Crippen LogP contribution in [0, 0.1) is 0 Å². The van der Waals surface area contributed by atoms with Crippen LogP contribution in [0.1, 0.15) is 16.1 Å².